The lowest BCUT2D eigenvalue weighted by Gasteiger charge is -2.26. The number of aliphatic carboxylic acids is 1. The van der Waals surface area contributed by atoms with Gasteiger partial charge in [0.15, 0.2) is 0 Å². The molecule has 0 aromatic carbocycles. The van der Waals surface area contributed by atoms with Crippen LogP contribution in [0.15, 0.2) is 23.2 Å². The minimum absolute atomic E-state index is 0.166. The topological polar surface area (TPSA) is 87.6 Å². The predicted molar refractivity (Wildman–Crippen MR) is 70.5 cm³/mol. The van der Waals surface area contributed by atoms with E-state index in [1.54, 1.807) is 13.8 Å². The number of pyridine rings is 1. The molecule has 6 nitrogen and oxygen atoms in total. The van der Waals surface area contributed by atoms with Crippen molar-refractivity contribution in [3.8, 4) is 0 Å². The molecule has 1 heterocycles. The van der Waals surface area contributed by atoms with Crippen LogP contribution in [0.1, 0.15) is 20.3 Å². The van der Waals surface area contributed by atoms with E-state index in [1.807, 2.05) is 0 Å². The first-order valence-electron chi connectivity index (χ1n) is 5.64. The minimum atomic E-state index is -3.98. The lowest BCUT2D eigenvalue weighted by molar-refractivity contribution is -0.137. The van der Waals surface area contributed by atoms with Gasteiger partial charge in [-0.15, -0.1) is 0 Å². The fourth-order valence-electron chi connectivity index (χ4n) is 1.50. The summed E-state index contributed by atoms with van der Waals surface area (Å²) in [4.78, 5) is 14.4. The van der Waals surface area contributed by atoms with Crippen LogP contribution >= 0.6 is 11.6 Å². The Balaban J connectivity index is 3.27. The molecule has 0 saturated heterocycles. The smallest absolute Gasteiger partial charge is 0.318 e. The highest BCUT2D eigenvalue weighted by Gasteiger charge is 2.32. The van der Waals surface area contributed by atoms with E-state index in [9.17, 15) is 13.2 Å². The van der Waals surface area contributed by atoms with Crippen LogP contribution in [0, 0.1) is 0 Å². The third kappa shape index (κ3) is 3.65. The second-order valence-electron chi connectivity index (χ2n) is 3.99. The SMILES string of the molecule is CCC(C)N(CC(=O)O)S(=O)(=O)c1cccnc1Cl. The number of aromatic nitrogens is 1. The third-order valence-electron chi connectivity index (χ3n) is 2.69. The number of rotatable bonds is 6. The summed E-state index contributed by atoms with van der Waals surface area (Å²) in [5.41, 5.74) is 0. The number of hydrogen-bond acceptors (Lipinski definition) is 4. The maximum atomic E-state index is 12.4. The van der Waals surface area contributed by atoms with E-state index in [2.05, 4.69) is 4.98 Å². The summed E-state index contributed by atoms with van der Waals surface area (Å²) in [6.45, 7) is 2.81. The monoisotopic (exact) mass is 306 g/mol. The Kier molecular flexibility index (Phi) is 5.28. The quantitative estimate of drug-likeness (QED) is 0.807. The third-order valence-corrected chi connectivity index (χ3v) is 5.09. The van der Waals surface area contributed by atoms with Crippen LogP contribution in [0.4, 0.5) is 0 Å². The van der Waals surface area contributed by atoms with Crippen molar-refractivity contribution in [2.45, 2.75) is 31.2 Å². The summed E-state index contributed by atoms with van der Waals surface area (Å²) in [6.07, 6.45) is 1.86. The van der Waals surface area contributed by atoms with Crippen molar-refractivity contribution >= 4 is 27.6 Å². The number of halogens is 1. The van der Waals surface area contributed by atoms with Gasteiger partial charge in [0.1, 0.15) is 16.6 Å². The highest BCUT2D eigenvalue weighted by molar-refractivity contribution is 7.89. The van der Waals surface area contributed by atoms with E-state index in [1.165, 1.54) is 18.3 Å². The van der Waals surface area contributed by atoms with Crippen molar-refractivity contribution in [1.29, 1.82) is 0 Å². The first-order valence-corrected chi connectivity index (χ1v) is 7.46. The molecule has 1 aromatic heterocycles. The lowest BCUT2D eigenvalue weighted by atomic mass is 10.2. The summed E-state index contributed by atoms with van der Waals surface area (Å²) < 4.78 is 25.8. The molecule has 8 heteroatoms. The van der Waals surface area contributed by atoms with E-state index in [4.69, 9.17) is 16.7 Å². The van der Waals surface area contributed by atoms with Crippen molar-refractivity contribution in [1.82, 2.24) is 9.29 Å². The maximum absolute atomic E-state index is 12.4. The summed E-state index contributed by atoms with van der Waals surface area (Å²) in [6, 6.07) is 2.30. The molecule has 0 fully saturated rings. The Bertz CT molecular complexity index is 562. The van der Waals surface area contributed by atoms with Gasteiger partial charge in [-0.1, -0.05) is 18.5 Å². The molecule has 0 saturated carbocycles. The molecule has 19 heavy (non-hydrogen) atoms. The molecule has 1 N–H and O–H groups in total. The zero-order valence-corrected chi connectivity index (χ0v) is 12.1. The highest BCUT2D eigenvalue weighted by atomic mass is 35.5. The average Bonchev–Trinajstić information content (AvgIpc) is 2.35. The first kappa shape index (κ1) is 15.9. The van der Waals surface area contributed by atoms with Crippen LogP contribution in [0.2, 0.25) is 5.15 Å². The Hall–Kier alpha value is -1.18. The summed E-state index contributed by atoms with van der Waals surface area (Å²) in [5, 5.41) is 8.69. The Morgan fingerprint density at radius 2 is 2.21 bits per heavy atom. The molecule has 106 valence electrons. The van der Waals surface area contributed by atoms with Gasteiger partial charge in [0.25, 0.3) is 0 Å². The Morgan fingerprint density at radius 1 is 1.58 bits per heavy atom. The van der Waals surface area contributed by atoms with Crippen molar-refractivity contribution in [2.75, 3.05) is 6.54 Å². The van der Waals surface area contributed by atoms with Crippen molar-refractivity contribution in [3.05, 3.63) is 23.5 Å². The van der Waals surface area contributed by atoms with Crippen molar-refractivity contribution < 1.29 is 18.3 Å². The molecule has 0 radical (unpaired) electrons. The van der Waals surface area contributed by atoms with E-state index >= 15 is 0 Å². The van der Waals surface area contributed by atoms with E-state index in [0.29, 0.717) is 6.42 Å². The number of hydrogen-bond donors (Lipinski definition) is 1. The number of carboxylic acid groups (broad SMARTS) is 1. The van der Waals surface area contributed by atoms with Crippen LogP contribution in [-0.2, 0) is 14.8 Å². The molecular formula is C11H15ClN2O4S. The van der Waals surface area contributed by atoms with Crippen LogP contribution in [-0.4, -0.2) is 41.4 Å². The standard InChI is InChI=1S/C11H15ClN2O4S/c1-3-8(2)14(7-10(15)16)19(17,18)9-5-4-6-13-11(9)12/h4-6,8H,3,7H2,1-2H3,(H,15,16). The normalized spacial score (nSPS) is 13.5. The number of nitrogens with zero attached hydrogens (tertiary/aromatic N) is 2. The summed E-state index contributed by atoms with van der Waals surface area (Å²) >= 11 is 5.77. The molecule has 0 spiro atoms. The molecule has 0 amide bonds. The second-order valence-corrected chi connectivity index (χ2v) is 6.21. The fraction of sp³-hybridized carbons (Fsp3) is 0.455. The van der Waals surface area contributed by atoms with Gasteiger partial charge < -0.3 is 5.11 Å². The number of carboxylic acids is 1. The molecule has 1 atom stereocenters. The van der Waals surface area contributed by atoms with E-state index in [-0.39, 0.29) is 10.0 Å². The number of carbonyl (C=O) groups is 1. The summed E-state index contributed by atoms with van der Waals surface area (Å²) in [5.74, 6) is -1.22. The number of sulfonamides is 1. The van der Waals surface area contributed by atoms with Gasteiger partial charge in [-0.3, -0.25) is 4.79 Å². The predicted octanol–water partition coefficient (Wildman–Crippen LogP) is 1.61. The molecule has 1 unspecified atom stereocenters. The van der Waals surface area contributed by atoms with Gasteiger partial charge in [0, 0.05) is 12.2 Å². The van der Waals surface area contributed by atoms with Gasteiger partial charge >= 0.3 is 5.97 Å². The van der Waals surface area contributed by atoms with Gasteiger partial charge in [0.05, 0.1) is 0 Å². The Labute approximate surface area is 117 Å². The van der Waals surface area contributed by atoms with Crippen LogP contribution in [0.3, 0.4) is 0 Å². The van der Waals surface area contributed by atoms with Crippen molar-refractivity contribution in [3.63, 3.8) is 0 Å². The van der Waals surface area contributed by atoms with Crippen molar-refractivity contribution in [2.24, 2.45) is 0 Å². The van der Waals surface area contributed by atoms with Gasteiger partial charge in [-0.2, -0.15) is 4.31 Å². The molecule has 0 aliphatic rings. The average molecular weight is 307 g/mol. The summed E-state index contributed by atoms with van der Waals surface area (Å²) in [7, 11) is -3.98. The van der Waals surface area contributed by atoms with E-state index < -0.39 is 28.6 Å². The van der Waals surface area contributed by atoms with Crippen LogP contribution in [0.25, 0.3) is 0 Å². The molecule has 0 aliphatic carbocycles. The van der Waals surface area contributed by atoms with Gasteiger partial charge in [-0.25, -0.2) is 13.4 Å². The first-order chi connectivity index (χ1) is 8.80. The maximum Gasteiger partial charge on any atom is 0.318 e. The zero-order valence-electron chi connectivity index (χ0n) is 10.6. The zero-order chi connectivity index (χ0) is 14.6. The van der Waals surface area contributed by atoms with Crippen LogP contribution < -0.4 is 0 Å². The molecule has 0 bridgehead atoms. The van der Waals surface area contributed by atoms with Gasteiger partial charge in [0.2, 0.25) is 10.0 Å². The molecular weight excluding hydrogens is 292 g/mol. The fourth-order valence-corrected chi connectivity index (χ4v) is 3.59. The highest BCUT2D eigenvalue weighted by Crippen LogP contribution is 2.24. The molecule has 0 aliphatic heterocycles. The Morgan fingerprint density at radius 3 is 2.68 bits per heavy atom. The largest absolute Gasteiger partial charge is 0.480 e. The second kappa shape index (κ2) is 6.31. The van der Waals surface area contributed by atoms with E-state index in [0.717, 1.165) is 4.31 Å². The van der Waals surface area contributed by atoms with Gasteiger partial charge in [-0.05, 0) is 25.5 Å². The lowest BCUT2D eigenvalue weighted by Crippen LogP contribution is -2.41. The minimum Gasteiger partial charge on any atom is -0.480 e. The van der Waals surface area contributed by atoms with Crippen LogP contribution in [0.5, 0.6) is 0 Å². The molecule has 1 aromatic rings. The molecule has 1 rings (SSSR count).